The van der Waals surface area contributed by atoms with Crippen molar-refractivity contribution in [3.05, 3.63) is 42.2 Å². The number of anilines is 1. The number of hydrogen-bond acceptors (Lipinski definition) is 6. The molecule has 0 radical (unpaired) electrons. The van der Waals surface area contributed by atoms with E-state index in [0.29, 0.717) is 6.04 Å². The van der Waals surface area contributed by atoms with Gasteiger partial charge < -0.3 is 4.90 Å². The molecule has 0 bridgehead atoms. The first-order valence-electron chi connectivity index (χ1n) is 7.81. The molecular weight excluding hydrogens is 324 g/mol. The minimum atomic E-state index is 0.510. The van der Waals surface area contributed by atoms with Crippen LogP contribution in [0.25, 0.3) is 10.3 Å². The second kappa shape index (κ2) is 6.45. The van der Waals surface area contributed by atoms with Gasteiger partial charge in [0, 0.05) is 12.6 Å². The molecule has 0 aliphatic carbocycles. The Kier molecular flexibility index (Phi) is 4.18. The van der Waals surface area contributed by atoms with E-state index in [4.69, 9.17) is 0 Å². The number of benzene rings is 1. The van der Waals surface area contributed by atoms with Crippen molar-refractivity contribution in [2.24, 2.45) is 0 Å². The normalized spacial score (nSPS) is 18.0. The Bertz CT molecular complexity index is 803. The molecule has 3 heterocycles. The fraction of sp³-hybridized carbons (Fsp3) is 0.353. The molecule has 1 atom stereocenters. The van der Waals surface area contributed by atoms with E-state index in [1.54, 1.807) is 29.4 Å². The third-order valence-electron chi connectivity index (χ3n) is 4.29. The van der Waals surface area contributed by atoms with Crippen LogP contribution in [0.1, 0.15) is 18.4 Å². The van der Waals surface area contributed by atoms with Gasteiger partial charge in [-0.15, -0.1) is 11.3 Å². The maximum absolute atomic E-state index is 4.60. The van der Waals surface area contributed by atoms with Crippen LogP contribution in [0.5, 0.6) is 0 Å². The van der Waals surface area contributed by atoms with Gasteiger partial charge in [0.05, 0.1) is 0 Å². The summed E-state index contributed by atoms with van der Waals surface area (Å²) in [6.45, 7) is 1.07. The van der Waals surface area contributed by atoms with Gasteiger partial charge in [0.2, 0.25) is 0 Å². The van der Waals surface area contributed by atoms with Crippen LogP contribution in [0.15, 0.2) is 41.0 Å². The first-order valence-corrected chi connectivity index (χ1v) is 9.85. The van der Waals surface area contributed by atoms with Gasteiger partial charge in [-0.1, -0.05) is 42.1 Å². The molecule has 1 saturated heterocycles. The SMILES string of the molecule is CSc1nc2ncnc(N3CCCC3Cc3ccccc3)c2s1. The Labute approximate surface area is 144 Å². The number of hydrogen-bond donors (Lipinski definition) is 0. The summed E-state index contributed by atoms with van der Waals surface area (Å²) in [6.07, 6.45) is 7.21. The lowest BCUT2D eigenvalue weighted by atomic mass is 10.0. The van der Waals surface area contributed by atoms with Crippen LogP contribution < -0.4 is 4.90 Å². The van der Waals surface area contributed by atoms with Gasteiger partial charge in [0.1, 0.15) is 11.0 Å². The van der Waals surface area contributed by atoms with E-state index in [2.05, 4.69) is 56.4 Å². The molecule has 0 spiro atoms. The van der Waals surface area contributed by atoms with E-state index in [0.717, 1.165) is 33.5 Å². The number of thiazole rings is 1. The Hall–Kier alpha value is -1.66. The Morgan fingerprint density at radius 3 is 2.96 bits per heavy atom. The van der Waals surface area contributed by atoms with Gasteiger partial charge in [-0.3, -0.25) is 0 Å². The first-order chi connectivity index (χ1) is 11.3. The van der Waals surface area contributed by atoms with E-state index in [-0.39, 0.29) is 0 Å². The highest BCUT2D eigenvalue weighted by molar-refractivity contribution is 8.00. The van der Waals surface area contributed by atoms with Crippen molar-refractivity contribution in [1.82, 2.24) is 15.0 Å². The molecule has 1 unspecified atom stereocenters. The Morgan fingerprint density at radius 2 is 2.13 bits per heavy atom. The standard InChI is InChI=1S/C17H18N4S2/c1-22-17-20-15-14(23-17)16(19-11-18-15)21-9-5-8-13(21)10-12-6-3-2-4-7-12/h2-4,6-7,11,13H,5,8-10H2,1H3. The Balaban J connectivity index is 1.67. The zero-order valence-electron chi connectivity index (χ0n) is 13.0. The van der Waals surface area contributed by atoms with Crippen LogP contribution >= 0.6 is 23.1 Å². The summed E-state index contributed by atoms with van der Waals surface area (Å²) in [5, 5.41) is 0. The quantitative estimate of drug-likeness (QED) is 0.670. The average molecular weight is 342 g/mol. The molecule has 118 valence electrons. The minimum absolute atomic E-state index is 0.510. The van der Waals surface area contributed by atoms with Crippen molar-refractivity contribution in [1.29, 1.82) is 0 Å². The highest BCUT2D eigenvalue weighted by Gasteiger charge is 2.28. The summed E-state index contributed by atoms with van der Waals surface area (Å²) >= 11 is 3.37. The van der Waals surface area contributed by atoms with Crippen LogP contribution in [0, 0.1) is 0 Å². The maximum Gasteiger partial charge on any atom is 0.176 e. The van der Waals surface area contributed by atoms with Crippen molar-refractivity contribution >= 4 is 39.3 Å². The molecular formula is C17H18N4S2. The third kappa shape index (κ3) is 2.93. The minimum Gasteiger partial charge on any atom is -0.352 e. The van der Waals surface area contributed by atoms with Gasteiger partial charge in [-0.2, -0.15) is 0 Å². The van der Waals surface area contributed by atoms with E-state index in [1.165, 1.54) is 18.4 Å². The van der Waals surface area contributed by atoms with Crippen molar-refractivity contribution < 1.29 is 0 Å². The fourth-order valence-corrected chi connectivity index (χ4v) is 4.75. The lowest BCUT2D eigenvalue weighted by Gasteiger charge is -2.26. The molecule has 1 aliphatic heterocycles. The van der Waals surface area contributed by atoms with Crippen molar-refractivity contribution in [3.8, 4) is 0 Å². The summed E-state index contributed by atoms with van der Waals surface area (Å²) < 4.78 is 2.18. The zero-order chi connectivity index (χ0) is 15.6. The van der Waals surface area contributed by atoms with Crippen LogP contribution in [0.2, 0.25) is 0 Å². The van der Waals surface area contributed by atoms with Crippen molar-refractivity contribution in [2.75, 3.05) is 17.7 Å². The fourth-order valence-electron chi connectivity index (χ4n) is 3.23. The molecule has 1 fully saturated rings. The highest BCUT2D eigenvalue weighted by Crippen LogP contribution is 2.36. The predicted molar refractivity (Wildman–Crippen MR) is 97.5 cm³/mol. The summed E-state index contributed by atoms with van der Waals surface area (Å²) in [7, 11) is 0. The molecule has 3 aromatic rings. The number of fused-ring (bicyclic) bond motifs is 1. The van der Waals surface area contributed by atoms with Gasteiger partial charge >= 0.3 is 0 Å². The van der Waals surface area contributed by atoms with Crippen molar-refractivity contribution in [3.63, 3.8) is 0 Å². The lowest BCUT2D eigenvalue weighted by Crippen LogP contribution is -2.31. The van der Waals surface area contributed by atoms with Gasteiger partial charge in [-0.05, 0) is 31.1 Å². The van der Waals surface area contributed by atoms with Crippen LogP contribution in [-0.2, 0) is 6.42 Å². The number of rotatable bonds is 4. The largest absolute Gasteiger partial charge is 0.352 e. The second-order valence-electron chi connectivity index (χ2n) is 5.71. The van der Waals surface area contributed by atoms with E-state index in [1.807, 2.05) is 0 Å². The molecule has 23 heavy (non-hydrogen) atoms. The predicted octanol–water partition coefficient (Wildman–Crippen LogP) is 4.02. The lowest BCUT2D eigenvalue weighted by molar-refractivity contribution is 0.659. The first kappa shape index (κ1) is 14.9. The van der Waals surface area contributed by atoms with E-state index >= 15 is 0 Å². The smallest absolute Gasteiger partial charge is 0.176 e. The molecule has 0 amide bonds. The molecule has 4 nitrogen and oxygen atoms in total. The van der Waals surface area contributed by atoms with Gasteiger partial charge in [0.15, 0.2) is 15.8 Å². The summed E-state index contributed by atoms with van der Waals surface area (Å²) in [4.78, 5) is 16.0. The van der Waals surface area contributed by atoms with E-state index in [9.17, 15) is 0 Å². The summed E-state index contributed by atoms with van der Waals surface area (Å²) in [5.74, 6) is 1.06. The van der Waals surface area contributed by atoms with Crippen LogP contribution in [0.3, 0.4) is 0 Å². The monoisotopic (exact) mass is 342 g/mol. The van der Waals surface area contributed by atoms with Crippen LogP contribution in [-0.4, -0.2) is 33.8 Å². The topological polar surface area (TPSA) is 41.9 Å². The molecule has 0 N–H and O–H groups in total. The number of aromatic nitrogens is 3. The summed E-state index contributed by atoms with van der Waals surface area (Å²) in [5.41, 5.74) is 2.22. The Morgan fingerprint density at radius 1 is 1.26 bits per heavy atom. The van der Waals surface area contributed by atoms with E-state index < -0.39 is 0 Å². The average Bonchev–Trinajstić information content (AvgIpc) is 3.21. The number of thioether (sulfide) groups is 1. The number of nitrogens with zero attached hydrogens (tertiary/aromatic N) is 4. The second-order valence-corrected chi connectivity index (χ2v) is 7.77. The summed E-state index contributed by atoms with van der Waals surface area (Å²) in [6, 6.07) is 11.2. The molecule has 0 saturated carbocycles. The highest BCUT2D eigenvalue weighted by atomic mass is 32.2. The molecule has 2 aromatic heterocycles. The van der Waals surface area contributed by atoms with Gasteiger partial charge in [0.25, 0.3) is 0 Å². The van der Waals surface area contributed by atoms with Crippen molar-refractivity contribution in [2.45, 2.75) is 29.6 Å². The van der Waals surface area contributed by atoms with Gasteiger partial charge in [-0.25, -0.2) is 15.0 Å². The molecule has 6 heteroatoms. The maximum atomic E-state index is 4.60. The van der Waals surface area contributed by atoms with Crippen LogP contribution in [0.4, 0.5) is 5.82 Å². The molecule has 1 aromatic carbocycles. The zero-order valence-corrected chi connectivity index (χ0v) is 14.6. The molecule has 4 rings (SSSR count). The molecule has 1 aliphatic rings. The third-order valence-corrected chi connectivity index (χ3v) is 6.32.